The second-order valence-corrected chi connectivity index (χ2v) is 8.37. The minimum absolute atomic E-state index is 0.270. The van der Waals surface area contributed by atoms with Crippen LogP contribution in [0.1, 0.15) is 47.2 Å². The maximum atomic E-state index is 12.8. The van der Waals surface area contributed by atoms with Crippen molar-refractivity contribution in [3.63, 3.8) is 0 Å². The highest BCUT2D eigenvalue weighted by Gasteiger charge is 2.17. The molecule has 0 saturated carbocycles. The van der Waals surface area contributed by atoms with Gasteiger partial charge in [-0.25, -0.2) is 9.97 Å². The number of hydrogen-bond acceptors (Lipinski definition) is 4. The zero-order valence-corrected chi connectivity index (χ0v) is 19.8. The van der Waals surface area contributed by atoms with Gasteiger partial charge in [-0.1, -0.05) is 49.2 Å². The van der Waals surface area contributed by atoms with Crippen LogP contribution in [0.25, 0.3) is 11.2 Å². The number of ether oxygens (including phenoxy) is 1. The molecule has 4 rings (SSSR count). The number of unbranched alkanes of at least 4 members (excludes halogenated alkanes) is 1. The Morgan fingerprint density at radius 2 is 1.88 bits per heavy atom. The molecule has 0 unspecified atom stereocenters. The van der Waals surface area contributed by atoms with Crippen LogP contribution in [0.4, 0.5) is 5.69 Å². The lowest BCUT2D eigenvalue weighted by Crippen LogP contribution is -2.14. The van der Waals surface area contributed by atoms with Gasteiger partial charge in [-0.05, 0) is 49.2 Å². The normalized spacial score (nSPS) is 11.0. The van der Waals surface area contributed by atoms with Crippen molar-refractivity contribution < 1.29 is 9.53 Å². The van der Waals surface area contributed by atoms with Crippen LogP contribution >= 0.6 is 11.6 Å². The SMILES string of the molecule is CCCCc1nc2cc(NC(=O)c3ccccc3Cl)c(C)nc2n1Cc1ccc(OC)cc1. The Hall–Kier alpha value is -3.38. The average molecular weight is 463 g/mol. The molecule has 6 nitrogen and oxygen atoms in total. The fourth-order valence-electron chi connectivity index (χ4n) is 3.75. The molecule has 2 aromatic heterocycles. The fourth-order valence-corrected chi connectivity index (χ4v) is 3.97. The summed E-state index contributed by atoms with van der Waals surface area (Å²) in [5, 5.41) is 3.35. The fraction of sp³-hybridized carbons (Fsp3) is 0.269. The van der Waals surface area contributed by atoms with Crippen LogP contribution in [0.5, 0.6) is 5.75 Å². The van der Waals surface area contributed by atoms with Crippen LogP contribution in [0.2, 0.25) is 5.02 Å². The molecule has 0 aliphatic carbocycles. The maximum absolute atomic E-state index is 12.8. The second kappa shape index (κ2) is 10.0. The average Bonchev–Trinajstić information content (AvgIpc) is 3.14. The second-order valence-electron chi connectivity index (χ2n) is 7.96. The van der Waals surface area contributed by atoms with Crippen LogP contribution in [0.3, 0.4) is 0 Å². The number of imidazole rings is 1. The quantitative estimate of drug-likeness (QED) is 0.346. The molecule has 0 saturated heterocycles. The number of aromatic nitrogens is 3. The van der Waals surface area contributed by atoms with Gasteiger partial charge in [0.25, 0.3) is 5.91 Å². The molecular weight excluding hydrogens is 436 g/mol. The summed E-state index contributed by atoms with van der Waals surface area (Å²) >= 11 is 6.19. The third kappa shape index (κ3) is 5.01. The van der Waals surface area contributed by atoms with Gasteiger partial charge in [-0.3, -0.25) is 4.79 Å². The molecule has 4 aromatic rings. The van der Waals surface area contributed by atoms with Crippen LogP contribution < -0.4 is 10.1 Å². The summed E-state index contributed by atoms with van der Waals surface area (Å²) in [6.07, 6.45) is 2.99. The van der Waals surface area contributed by atoms with E-state index in [-0.39, 0.29) is 5.91 Å². The summed E-state index contributed by atoms with van der Waals surface area (Å²) in [6, 6.07) is 16.9. The van der Waals surface area contributed by atoms with Crippen molar-refractivity contribution in [3.8, 4) is 5.75 Å². The summed E-state index contributed by atoms with van der Waals surface area (Å²) < 4.78 is 7.44. The van der Waals surface area contributed by atoms with Gasteiger partial charge in [0, 0.05) is 6.42 Å². The number of nitrogens with zero attached hydrogens (tertiary/aromatic N) is 3. The molecule has 0 aliphatic heterocycles. The van der Waals surface area contributed by atoms with Crippen LogP contribution in [0, 0.1) is 6.92 Å². The van der Waals surface area contributed by atoms with E-state index < -0.39 is 0 Å². The van der Waals surface area contributed by atoms with Crippen molar-refractivity contribution in [1.29, 1.82) is 0 Å². The predicted octanol–water partition coefficient (Wildman–Crippen LogP) is 6.04. The lowest BCUT2D eigenvalue weighted by atomic mass is 10.2. The summed E-state index contributed by atoms with van der Waals surface area (Å²) in [7, 11) is 1.66. The summed E-state index contributed by atoms with van der Waals surface area (Å²) in [5.41, 5.74) is 4.49. The van der Waals surface area contributed by atoms with Gasteiger partial charge < -0.3 is 14.6 Å². The van der Waals surface area contributed by atoms with E-state index in [2.05, 4.69) is 28.9 Å². The van der Waals surface area contributed by atoms with E-state index in [4.69, 9.17) is 26.3 Å². The first-order valence-corrected chi connectivity index (χ1v) is 11.4. The molecule has 2 aromatic carbocycles. The highest BCUT2D eigenvalue weighted by Crippen LogP contribution is 2.25. The van der Waals surface area contributed by atoms with Crippen molar-refractivity contribution >= 4 is 34.4 Å². The van der Waals surface area contributed by atoms with Crippen molar-refractivity contribution in [1.82, 2.24) is 14.5 Å². The van der Waals surface area contributed by atoms with Gasteiger partial charge in [0.2, 0.25) is 0 Å². The number of pyridine rings is 1. The molecule has 0 aliphatic rings. The molecule has 33 heavy (non-hydrogen) atoms. The Balaban J connectivity index is 1.69. The minimum Gasteiger partial charge on any atom is -0.497 e. The predicted molar refractivity (Wildman–Crippen MR) is 132 cm³/mol. The molecule has 0 atom stereocenters. The number of carbonyl (C=O) groups excluding carboxylic acids is 1. The molecule has 2 heterocycles. The molecule has 1 N–H and O–H groups in total. The highest BCUT2D eigenvalue weighted by atomic mass is 35.5. The summed E-state index contributed by atoms with van der Waals surface area (Å²) in [5.74, 6) is 1.55. The summed E-state index contributed by atoms with van der Waals surface area (Å²) in [4.78, 5) is 22.5. The number of aryl methyl sites for hydroxylation is 2. The zero-order valence-electron chi connectivity index (χ0n) is 19.1. The number of halogens is 1. The van der Waals surface area contributed by atoms with Gasteiger partial charge >= 0.3 is 0 Å². The van der Waals surface area contributed by atoms with E-state index in [0.717, 1.165) is 53.3 Å². The number of rotatable bonds is 8. The number of fused-ring (bicyclic) bond motifs is 1. The molecular formula is C26H27ClN4O2. The molecule has 0 spiro atoms. The number of methoxy groups -OCH3 is 1. The lowest BCUT2D eigenvalue weighted by Gasteiger charge is -2.11. The molecule has 7 heteroatoms. The topological polar surface area (TPSA) is 69.0 Å². The van der Waals surface area contributed by atoms with Crippen molar-refractivity contribution in [2.45, 2.75) is 39.7 Å². The first-order valence-electron chi connectivity index (χ1n) is 11.1. The maximum Gasteiger partial charge on any atom is 0.257 e. The number of benzene rings is 2. The Kier molecular flexibility index (Phi) is 6.94. The molecule has 1 amide bonds. The molecule has 0 bridgehead atoms. The van der Waals surface area contributed by atoms with E-state index in [1.165, 1.54) is 0 Å². The van der Waals surface area contributed by atoms with E-state index in [9.17, 15) is 4.79 Å². The van der Waals surface area contributed by atoms with Gasteiger partial charge in [-0.15, -0.1) is 0 Å². The minimum atomic E-state index is -0.270. The highest BCUT2D eigenvalue weighted by molar-refractivity contribution is 6.34. The van der Waals surface area contributed by atoms with Gasteiger partial charge in [-0.2, -0.15) is 0 Å². The number of anilines is 1. The lowest BCUT2D eigenvalue weighted by molar-refractivity contribution is 0.102. The van der Waals surface area contributed by atoms with Gasteiger partial charge in [0.15, 0.2) is 5.65 Å². The van der Waals surface area contributed by atoms with Crippen LogP contribution in [-0.4, -0.2) is 27.6 Å². The molecule has 170 valence electrons. The Morgan fingerprint density at radius 1 is 1.12 bits per heavy atom. The van der Waals surface area contributed by atoms with Gasteiger partial charge in [0.1, 0.15) is 17.1 Å². The van der Waals surface area contributed by atoms with E-state index >= 15 is 0 Å². The van der Waals surface area contributed by atoms with Crippen LogP contribution in [-0.2, 0) is 13.0 Å². The third-order valence-corrected chi connectivity index (χ3v) is 5.94. The summed E-state index contributed by atoms with van der Waals surface area (Å²) in [6.45, 7) is 4.72. The largest absolute Gasteiger partial charge is 0.497 e. The zero-order chi connectivity index (χ0) is 23.4. The van der Waals surface area contributed by atoms with E-state index in [1.54, 1.807) is 31.4 Å². The standard InChI is InChI=1S/C26H27ClN4O2/c1-4-5-10-24-29-23-15-22(30-26(32)20-8-6-7-9-21(20)27)17(2)28-25(23)31(24)16-18-11-13-19(33-3)14-12-18/h6-9,11-15H,4-5,10,16H2,1-3H3,(H,30,32). The number of carbonyl (C=O) groups is 1. The van der Waals surface area contributed by atoms with E-state index in [1.807, 2.05) is 25.1 Å². The first-order chi connectivity index (χ1) is 16.0. The van der Waals surface area contributed by atoms with E-state index in [0.29, 0.717) is 22.8 Å². The Bertz CT molecular complexity index is 1280. The van der Waals surface area contributed by atoms with Crippen molar-refractivity contribution in [2.24, 2.45) is 0 Å². The van der Waals surface area contributed by atoms with Crippen molar-refractivity contribution in [2.75, 3.05) is 12.4 Å². The third-order valence-electron chi connectivity index (χ3n) is 5.61. The number of amides is 1. The van der Waals surface area contributed by atoms with Crippen molar-refractivity contribution in [3.05, 3.63) is 82.3 Å². The Labute approximate surface area is 198 Å². The smallest absolute Gasteiger partial charge is 0.257 e. The molecule has 0 fully saturated rings. The number of hydrogen-bond donors (Lipinski definition) is 1. The molecule has 0 radical (unpaired) electrons. The monoisotopic (exact) mass is 462 g/mol. The van der Waals surface area contributed by atoms with Gasteiger partial charge in [0.05, 0.1) is 35.6 Å². The Morgan fingerprint density at radius 3 is 2.58 bits per heavy atom. The number of nitrogens with one attached hydrogen (secondary N) is 1. The van der Waals surface area contributed by atoms with Crippen LogP contribution in [0.15, 0.2) is 54.6 Å². The first kappa shape index (κ1) is 22.8.